The van der Waals surface area contributed by atoms with Crippen molar-refractivity contribution in [3.05, 3.63) is 35.4 Å². The van der Waals surface area contributed by atoms with E-state index in [0.717, 1.165) is 37.5 Å². The van der Waals surface area contributed by atoms with Gasteiger partial charge in [0.2, 0.25) is 0 Å². The van der Waals surface area contributed by atoms with Gasteiger partial charge in [-0.2, -0.15) is 30.4 Å². The molecule has 1 aliphatic carbocycles. The highest BCUT2D eigenvalue weighted by Crippen LogP contribution is 2.38. The van der Waals surface area contributed by atoms with Gasteiger partial charge in [0.15, 0.2) is 0 Å². The highest BCUT2D eigenvalue weighted by molar-refractivity contribution is 7.86. The Labute approximate surface area is 167 Å². The zero-order valence-corrected chi connectivity index (χ0v) is 16.0. The molecular weight excluding hydrogens is 443 g/mol. The molecule has 0 spiro atoms. The van der Waals surface area contributed by atoms with Crippen LogP contribution in [0.25, 0.3) is 0 Å². The molecule has 168 valence electrons. The first-order valence-corrected chi connectivity index (χ1v) is 10.1. The number of rotatable bonds is 6. The van der Waals surface area contributed by atoms with Gasteiger partial charge in [0.1, 0.15) is 6.10 Å². The summed E-state index contributed by atoms with van der Waals surface area (Å²) in [5, 5.41) is -5.88. The lowest BCUT2D eigenvalue weighted by molar-refractivity contribution is -0.248. The normalized spacial score (nSPS) is 17.3. The number of carbonyl (C=O) groups excluding carboxylic acids is 2. The maximum absolute atomic E-state index is 13.6. The van der Waals surface area contributed by atoms with Gasteiger partial charge in [0.25, 0.3) is 6.10 Å². The Hall–Kier alpha value is -2.28. The summed E-state index contributed by atoms with van der Waals surface area (Å²) in [6, 6.07) is 4.23. The van der Waals surface area contributed by atoms with Crippen LogP contribution in [0.1, 0.15) is 52.8 Å². The fourth-order valence-electron chi connectivity index (χ4n) is 2.87. The highest BCUT2D eigenvalue weighted by Gasteiger charge is 2.66. The van der Waals surface area contributed by atoms with Crippen LogP contribution >= 0.6 is 0 Å². The molecule has 1 aromatic carbocycles. The summed E-state index contributed by atoms with van der Waals surface area (Å²) >= 11 is 0. The van der Waals surface area contributed by atoms with Crippen LogP contribution in [0.3, 0.4) is 0 Å². The molecule has 1 aromatic rings. The SMILES string of the molecule is O=C(OC1CCCCC1)c1ccccc1C(=O)OC(C(F)(F)F)C(F)(F)S(=O)(=O)O. The third-order valence-corrected chi connectivity index (χ3v) is 5.27. The summed E-state index contributed by atoms with van der Waals surface area (Å²) in [7, 11) is -6.58. The van der Waals surface area contributed by atoms with Crippen LogP contribution < -0.4 is 0 Å². The van der Waals surface area contributed by atoms with Crippen molar-refractivity contribution in [3.8, 4) is 0 Å². The fourth-order valence-corrected chi connectivity index (χ4v) is 3.32. The smallest absolute Gasteiger partial charge is 0.432 e. The zero-order valence-electron chi connectivity index (χ0n) is 15.2. The summed E-state index contributed by atoms with van der Waals surface area (Å²) in [6.45, 7) is 0. The van der Waals surface area contributed by atoms with E-state index in [1.54, 1.807) is 0 Å². The lowest BCUT2D eigenvalue weighted by Crippen LogP contribution is -2.52. The van der Waals surface area contributed by atoms with Crippen LogP contribution in [0.4, 0.5) is 22.0 Å². The minimum atomic E-state index is -6.58. The van der Waals surface area contributed by atoms with Crippen molar-refractivity contribution < 1.29 is 54.0 Å². The summed E-state index contributed by atoms with van der Waals surface area (Å²) in [5.74, 6) is -3.11. The van der Waals surface area contributed by atoms with Gasteiger partial charge < -0.3 is 9.47 Å². The maximum Gasteiger partial charge on any atom is 0.432 e. The van der Waals surface area contributed by atoms with Gasteiger partial charge in [0.05, 0.1) is 11.1 Å². The number of halogens is 5. The first kappa shape index (κ1) is 24.0. The van der Waals surface area contributed by atoms with Crippen molar-refractivity contribution in [2.45, 2.75) is 55.7 Å². The van der Waals surface area contributed by atoms with Gasteiger partial charge in [-0.3, -0.25) is 4.55 Å². The molecule has 1 N–H and O–H groups in total. The van der Waals surface area contributed by atoms with Crippen molar-refractivity contribution >= 4 is 22.1 Å². The number of benzene rings is 1. The van der Waals surface area contributed by atoms with Crippen LogP contribution in [0, 0.1) is 0 Å². The van der Waals surface area contributed by atoms with Crippen molar-refractivity contribution in [3.63, 3.8) is 0 Å². The number of esters is 2. The fraction of sp³-hybridized carbons (Fsp3) is 0.529. The molecule has 0 aromatic heterocycles. The average molecular weight is 460 g/mol. The van der Waals surface area contributed by atoms with Crippen LogP contribution in [0.5, 0.6) is 0 Å². The van der Waals surface area contributed by atoms with E-state index in [1.807, 2.05) is 0 Å². The molecule has 0 radical (unpaired) electrons. The third kappa shape index (κ3) is 5.45. The molecule has 1 aliphatic rings. The molecule has 1 fully saturated rings. The van der Waals surface area contributed by atoms with Gasteiger partial charge in [-0.05, 0) is 37.8 Å². The molecule has 1 atom stereocenters. The Balaban J connectivity index is 2.30. The van der Waals surface area contributed by atoms with E-state index in [0.29, 0.717) is 12.8 Å². The molecular formula is C17H17F5O7S. The Kier molecular flexibility index (Phi) is 7.07. The Morgan fingerprint density at radius 1 is 0.967 bits per heavy atom. The Morgan fingerprint density at radius 3 is 1.93 bits per heavy atom. The van der Waals surface area contributed by atoms with Gasteiger partial charge in [-0.15, -0.1) is 0 Å². The summed E-state index contributed by atoms with van der Waals surface area (Å²) in [4.78, 5) is 24.5. The molecule has 0 amide bonds. The van der Waals surface area contributed by atoms with E-state index in [2.05, 4.69) is 4.74 Å². The number of hydrogen-bond donors (Lipinski definition) is 1. The van der Waals surface area contributed by atoms with Gasteiger partial charge in [-0.25, -0.2) is 9.59 Å². The number of carbonyl (C=O) groups is 2. The highest BCUT2D eigenvalue weighted by atomic mass is 32.2. The third-order valence-electron chi connectivity index (χ3n) is 4.36. The minimum absolute atomic E-state index is 0.470. The topological polar surface area (TPSA) is 107 Å². The van der Waals surface area contributed by atoms with E-state index in [-0.39, 0.29) is 0 Å². The maximum atomic E-state index is 13.6. The van der Waals surface area contributed by atoms with E-state index in [1.165, 1.54) is 6.07 Å². The second-order valence-electron chi connectivity index (χ2n) is 6.57. The first-order chi connectivity index (χ1) is 13.7. The molecule has 1 unspecified atom stereocenters. The van der Waals surface area contributed by atoms with Crippen molar-refractivity contribution in [1.82, 2.24) is 0 Å². The summed E-state index contributed by atoms with van der Waals surface area (Å²) in [6.07, 6.45) is -7.40. The summed E-state index contributed by atoms with van der Waals surface area (Å²) in [5.41, 5.74) is -1.37. The van der Waals surface area contributed by atoms with Crippen molar-refractivity contribution in [2.24, 2.45) is 0 Å². The Bertz CT molecular complexity index is 892. The second kappa shape index (κ2) is 8.84. The van der Waals surface area contributed by atoms with Gasteiger partial charge in [-0.1, -0.05) is 18.6 Å². The predicted octanol–water partition coefficient (Wildman–Crippen LogP) is 3.74. The van der Waals surface area contributed by atoms with Crippen LogP contribution in [0.15, 0.2) is 24.3 Å². The van der Waals surface area contributed by atoms with E-state index >= 15 is 0 Å². The van der Waals surface area contributed by atoms with Crippen molar-refractivity contribution in [2.75, 3.05) is 0 Å². The lowest BCUT2D eigenvalue weighted by atomic mass is 9.97. The Morgan fingerprint density at radius 2 is 1.47 bits per heavy atom. The second-order valence-corrected chi connectivity index (χ2v) is 8.07. The molecule has 30 heavy (non-hydrogen) atoms. The number of ether oxygens (including phenoxy) is 2. The predicted molar refractivity (Wildman–Crippen MR) is 90.5 cm³/mol. The van der Waals surface area contributed by atoms with E-state index < -0.39 is 56.8 Å². The van der Waals surface area contributed by atoms with Crippen molar-refractivity contribution in [1.29, 1.82) is 0 Å². The molecule has 0 bridgehead atoms. The van der Waals surface area contributed by atoms with Crippen LogP contribution in [-0.4, -0.2) is 48.5 Å². The van der Waals surface area contributed by atoms with E-state index in [9.17, 15) is 40.0 Å². The zero-order chi connectivity index (χ0) is 22.7. The average Bonchev–Trinajstić information content (AvgIpc) is 2.64. The summed E-state index contributed by atoms with van der Waals surface area (Å²) < 4.78 is 105. The van der Waals surface area contributed by atoms with Gasteiger partial charge in [0, 0.05) is 0 Å². The first-order valence-electron chi connectivity index (χ1n) is 8.67. The number of hydrogen-bond acceptors (Lipinski definition) is 6. The number of alkyl halides is 5. The van der Waals surface area contributed by atoms with Crippen LogP contribution in [0.2, 0.25) is 0 Å². The van der Waals surface area contributed by atoms with Gasteiger partial charge >= 0.3 is 33.5 Å². The molecule has 0 aliphatic heterocycles. The molecule has 2 rings (SSSR count). The minimum Gasteiger partial charge on any atom is -0.459 e. The largest absolute Gasteiger partial charge is 0.459 e. The van der Waals surface area contributed by atoms with E-state index in [4.69, 9.17) is 9.29 Å². The molecule has 0 saturated heterocycles. The molecule has 0 heterocycles. The van der Waals surface area contributed by atoms with Crippen LogP contribution in [-0.2, 0) is 19.6 Å². The molecule has 13 heteroatoms. The lowest BCUT2D eigenvalue weighted by Gasteiger charge is -2.26. The quantitative estimate of drug-likeness (QED) is 0.392. The standard InChI is InChI=1S/C17H17F5O7S/c18-16(19,20)15(17(21,22)30(25,26)27)29-14(24)12-9-5-4-8-11(12)13(23)28-10-6-2-1-3-7-10/h4-5,8-10,15H,1-3,6-7H2,(H,25,26,27). The molecule has 1 saturated carbocycles. The monoisotopic (exact) mass is 460 g/mol. The molecule has 7 nitrogen and oxygen atoms in total.